The summed E-state index contributed by atoms with van der Waals surface area (Å²) in [4.78, 5) is 2.60. The highest BCUT2D eigenvalue weighted by Gasteiger charge is 2.52. The van der Waals surface area contributed by atoms with E-state index in [0.29, 0.717) is 5.92 Å². The maximum Gasteiger partial charge on any atom is 0.131 e. The van der Waals surface area contributed by atoms with Gasteiger partial charge in [0.1, 0.15) is 11.4 Å². The number of nitrogens with zero attached hydrogens (tertiary/aromatic N) is 1. The number of fused-ring (bicyclic) bond motifs is 3. The van der Waals surface area contributed by atoms with Crippen molar-refractivity contribution in [1.82, 2.24) is 4.90 Å². The molecule has 28 heavy (non-hydrogen) atoms. The summed E-state index contributed by atoms with van der Waals surface area (Å²) >= 11 is 0. The Morgan fingerprint density at radius 2 is 1.46 bits per heavy atom. The molecule has 4 aliphatic heterocycles. The largest absolute Gasteiger partial charge is 0.484 e. The van der Waals surface area contributed by atoms with E-state index in [1.54, 1.807) is 0 Å². The third-order valence-corrected chi connectivity index (χ3v) is 6.98. The first-order valence-electron chi connectivity index (χ1n) is 10.5. The van der Waals surface area contributed by atoms with Gasteiger partial charge in [0.25, 0.3) is 0 Å². The molecule has 0 aromatic heterocycles. The van der Waals surface area contributed by atoms with E-state index < -0.39 is 0 Å². The molecule has 1 unspecified atom stereocenters. The molecule has 2 heteroatoms. The predicted octanol–water partition coefficient (Wildman–Crippen LogP) is 5.42. The Bertz CT molecular complexity index is 1010. The van der Waals surface area contributed by atoms with Crippen molar-refractivity contribution in [2.75, 3.05) is 19.6 Å². The van der Waals surface area contributed by atoms with Gasteiger partial charge in [-0.1, -0.05) is 60.7 Å². The highest BCUT2D eigenvalue weighted by atomic mass is 16.5. The fourth-order valence-corrected chi connectivity index (χ4v) is 5.57. The molecule has 3 fully saturated rings. The number of hydrogen-bond acceptors (Lipinski definition) is 2. The maximum atomic E-state index is 6.90. The Labute approximate surface area is 166 Å². The van der Waals surface area contributed by atoms with Crippen LogP contribution in [0.3, 0.4) is 0 Å². The highest BCUT2D eigenvalue weighted by molar-refractivity contribution is 5.80. The predicted molar refractivity (Wildman–Crippen MR) is 114 cm³/mol. The third-order valence-electron chi connectivity index (χ3n) is 6.98. The number of rotatable bonds is 2. The number of benzene rings is 3. The van der Waals surface area contributed by atoms with Crippen LogP contribution in [0, 0.1) is 5.92 Å². The minimum atomic E-state index is -0.0162. The molecule has 0 aliphatic carbocycles. The summed E-state index contributed by atoms with van der Waals surface area (Å²) in [6.07, 6.45) is 3.60. The highest BCUT2D eigenvalue weighted by Crippen LogP contribution is 2.51. The second-order valence-electron chi connectivity index (χ2n) is 8.64. The van der Waals surface area contributed by atoms with E-state index >= 15 is 0 Å². The lowest BCUT2D eigenvalue weighted by molar-refractivity contribution is -0.0796. The molecule has 7 rings (SSSR count). The minimum Gasteiger partial charge on any atom is -0.484 e. The molecule has 0 amide bonds. The summed E-state index contributed by atoms with van der Waals surface area (Å²) in [5, 5.41) is 0. The normalized spacial score (nSPS) is 27.6. The Kier molecular flexibility index (Phi) is 3.64. The first kappa shape index (κ1) is 16.4. The molecule has 3 saturated heterocycles. The van der Waals surface area contributed by atoms with Crippen molar-refractivity contribution in [3.05, 3.63) is 78.4 Å². The molecule has 1 atom stereocenters. The van der Waals surface area contributed by atoms with Crippen molar-refractivity contribution < 1.29 is 4.74 Å². The van der Waals surface area contributed by atoms with Crippen LogP contribution in [0.1, 0.15) is 18.4 Å². The first-order valence-corrected chi connectivity index (χ1v) is 10.5. The summed E-state index contributed by atoms with van der Waals surface area (Å²) in [6, 6.07) is 26.2. The Morgan fingerprint density at radius 1 is 0.786 bits per heavy atom. The minimum absolute atomic E-state index is 0.0162. The van der Waals surface area contributed by atoms with Gasteiger partial charge in [-0.15, -0.1) is 0 Å². The van der Waals surface area contributed by atoms with Crippen LogP contribution in [0.15, 0.2) is 72.8 Å². The number of piperidine rings is 3. The Balaban J connectivity index is 1.50. The Hall–Kier alpha value is -2.58. The quantitative estimate of drug-likeness (QED) is 0.600. The lowest BCUT2D eigenvalue weighted by Crippen LogP contribution is -2.61. The topological polar surface area (TPSA) is 12.5 Å². The molecule has 140 valence electrons. The van der Waals surface area contributed by atoms with E-state index in [1.807, 2.05) is 0 Å². The van der Waals surface area contributed by atoms with Crippen molar-refractivity contribution >= 4 is 0 Å². The molecule has 2 bridgehead atoms. The molecule has 0 saturated carbocycles. The zero-order valence-corrected chi connectivity index (χ0v) is 16.1. The average molecular weight is 367 g/mol. The molecular weight excluding hydrogens is 342 g/mol. The van der Waals surface area contributed by atoms with E-state index in [-0.39, 0.29) is 5.60 Å². The molecular formula is C26H25NO. The summed E-state index contributed by atoms with van der Waals surface area (Å²) in [7, 11) is 0. The average Bonchev–Trinajstić information content (AvgIpc) is 3.12. The Morgan fingerprint density at radius 3 is 2.11 bits per heavy atom. The van der Waals surface area contributed by atoms with Crippen LogP contribution in [0.25, 0.3) is 22.3 Å². The van der Waals surface area contributed by atoms with Crippen LogP contribution in [0.5, 0.6) is 5.75 Å². The molecule has 0 radical (unpaired) electrons. The van der Waals surface area contributed by atoms with Gasteiger partial charge in [0, 0.05) is 24.4 Å². The fourth-order valence-electron chi connectivity index (χ4n) is 5.57. The van der Waals surface area contributed by atoms with Crippen LogP contribution in [-0.2, 0) is 6.42 Å². The van der Waals surface area contributed by atoms with Gasteiger partial charge < -0.3 is 4.74 Å². The molecule has 3 aromatic rings. The molecule has 4 aliphatic rings. The monoisotopic (exact) mass is 367 g/mol. The van der Waals surface area contributed by atoms with Gasteiger partial charge in [0.15, 0.2) is 0 Å². The fraction of sp³-hybridized carbons (Fsp3) is 0.308. The lowest BCUT2D eigenvalue weighted by atomic mass is 9.73. The van der Waals surface area contributed by atoms with E-state index in [9.17, 15) is 0 Å². The van der Waals surface area contributed by atoms with Crippen LogP contribution in [0.2, 0.25) is 0 Å². The van der Waals surface area contributed by atoms with Crippen molar-refractivity contribution in [2.45, 2.75) is 24.9 Å². The zero-order chi connectivity index (χ0) is 18.6. The number of ether oxygens (including phenoxy) is 1. The third kappa shape index (κ3) is 2.51. The van der Waals surface area contributed by atoms with Gasteiger partial charge >= 0.3 is 0 Å². The van der Waals surface area contributed by atoms with Gasteiger partial charge in [0.2, 0.25) is 0 Å². The van der Waals surface area contributed by atoms with E-state index in [4.69, 9.17) is 4.74 Å². The summed E-state index contributed by atoms with van der Waals surface area (Å²) in [5.41, 5.74) is 6.42. The smallest absolute Gasteiger partial charge is 0.131 e. The number of hydrogen-bond donors (Lipinski definition) is 0. The summed E-state index contributed by atoms with van der Waals surface area (Å²) < 4.78 is 6.90. The van der Waals surface area contributed by atoms with Crippen molar-refractivity contribution in [2.24, 2.45) is 5.92 Å². The molecule has 1 spiro atoms. The van der Waals surface area contributed by atoms with Gasteiger partial charge in [0.05, 0.1) is 0 Å². The zero-order valence-electron chi connectivity index (χ0n) is 16.1. The van der Waals surface area contributed by atoms with Crippen LogP contribution in [-0.4, -0.2) is 30.1 Å². The van der Waals surface area contributed by atoms with Crippen molar-refractivity contribution in [1.29, 1.82) is 0 Å². The molecule has 3 aromatic carbocycles. The first-order chi connectivity index (χ1) is 13.8. The van der Waals surface area contributed by atoms with Crippen LogP contribution >= 0.6 is 0 Å². The van der Waals surface area contributed by atoms with Crippen LogP contribution in [0.4, 0.5) is 0 Å². The van der Waals surface area contributed by atoms with Gasteiger partial charge in [-0.25, -0.2) is 0 Å². The molecule has 2 nitrogen and oxygen atoms in total. The van der Waals surface area contributed by atoms with Crippen molar-refractivity contribution in [3.63, 3.8) is 0 Å². The van der Waals surface area contributed by atoms with E-state index in [1.165, 1.54) is 53.7 Å². The van der Waals surface area contributed by atoms with Crippen LogP contribution < -0.4 is 4.74 Å². The second-order valence-corrected chi connectivity index (χ2v) is 8.64. The van der Waals surface area contributed by atoms with Gasteiger partial charge in [-0.05, 0) is 60.3 Å². The summed E-state index contributed by atoms with van der Waals surface area (Å²) in [6.45, 7) is 3.57. The van der Waals surface area contributed by atoms with Gasteiger partial charge in [-0.2, -0.15) is 0 Å². The molecule has 0 N–H and O–H groups in total. The maximum absolute atomic E-state index is 6.90. The second kappa shape index (κ2) is 6.22. The summed E-state index contributed by atoms with van der Waals surface area (Å²) in [5.74, 6) is 1.81. The molecule has 4 heterocycles. The van der Waals surface area contributed by atoms with Gasteiger partial charge in [-0.3, -0.25) is 4.90 Å². The SMILES string of the molecule is c1ccc(-c2cc3c(c(-c4ccccc4)c2)OC2(C3)CN3CCC2CC3)cc1. The van der Waals surface area contributed by atoms with E-state index in [2.05, 4.69) is 77.7 Å². The standard InChI is InChI=1S/C26H25NO/c1-3-7-19(8-4-1)21-15-22-17-26(18-27-13-11-23(26)12-14-27)28-25(22)24(16-21)20-9-5-2-6-10-20/h1-10,15-16,23H,11-14,17-18H2. The van der Waals surface area contributed by atoms with Crippen molar-refractivity contribution in [3.8, 4) is 28.0 Å². The van der Waals surface area contributed by atoms with E-state index in [0.717, 1.165) is 18.7 Å². The lowest BCUT2D eigenvalue weighted by Gasteiger charge is -2.50.